The van der Waals surface area contributed by atoms with Crippen molar-refractivity contribution in [1.82, 2.24) is 4.90 Å². The maximum Gasteiger partial charge on any atom is 0.490 e. The van der Waals surface area contributed by atoms with Gasteiger partial charge in [-0.15, -0.1) is 0 Å². The van der Waals surface area contributed by atoms with E-state index in [0.717, 1.165) is 14.0 Å². The number of alkyl halides is 6. The highest BCUT2D eigenvalue weighted by Crippen LogP contribution is 2.18. The highest BCUT2D eigenvalue weighted by molar-refractivity contribution is 5.81. The fraction of sp³-hybridized carbons (Fsp3) is 0.714. The second-order valence-corrected chi connectivity index (χ2v) is 2.85. The first-order valence-corrected chi connectivity index (χ1v) is 4.03. The molecule has 1 unspecified atom stereocenters. The Balaban J connectivity index is 0. The first-order valence-electron chi connectivity index (χ1n) is 4.03. The third-order valence-electron chi connectivity index (χ3n) is 1.37. The molecule has 0 fully saturated rings. The maximum atomic E-state index is 11.6. The van der Waals surface area contributed by atoms with Crippen LogP contribution < -0.4 is 0 Å². The summed E-state index contributed by atoms with van der Waals surface area (Å²) in [4.78, 5) is 19.4. The van der Waals surface area contributed by atoms with Crippen molar-refractivity contribution in [3.63, 3.8) is 0 Å². The molecule has 2 N–H and O–H groups in total. The number of hydrogen-bond donors (Lipinski definition) is 2. The van der Waals surface area contributed by atoms with Crippen LogP contribution in [0.1, 0.15) is 6.92 Å². The number of carbonyl (C=O) groups is 2. The zero-order valence-corrected chi connectivity index (χ0v) is 9.00. The smallest absolute Gasteiger partial charge is 0.475 e. The fourth-order valence-electron chi connectivity index (χ4n) is 0.370. The molecule has 18 heavy (non-hydrogen) atoms. The van der Waals surface area contributed by atoms with Crippen LogP contribution in [0, 0.1) is 0 Å². The van der Waals surface area contributed by atoms with Crippen LogP contribution in [-0.2, 0) is 9.59 Å². The Kier molecular flexibility index (Phi) is 6.72. The number of aliphatic hydroxyl groups excluding tert-OH is 1. The highest BCUT2D eigenvalue weighted by atomic mass is 19.4. The molecule has 0 aromatic rings. The van der Waals surface area contributed by atoms with Gasteiger partial charge >= 0.3 is 24.2 Å². The van der Waals surface area contributed by atoms with E-state index in [4.69, 9.17) is 15.0 Å². The van der Waals surface area contributed by atoms with Crippen molar-refractivity contribution < 1.29 is 46.1 Å². The van der Waals surface area contributed by atoms with E-state index in [0.29, 0.717) is 0 Å². The SMILES string of the molecule is CC(O)N(C)C(=O)C(F)(F)F.O=C(O)C(F)(F)F. The zero-order valence-electron chi connectivity index (χ0n) is 9.00. The standard InChI is InChI=1S/C5H8F3NO2.C2HF3O2/c1-3(10)9(2)4(11)5(6,7)8;3-2(4,5)1(6)7/h3,10H,1-2H3;(H,6,7). The summed E-state index contributed by atoms with van der Waals surface area (Å²) >= 11 is 0. The van der Waals surface area contributed by atoms with Gasteiger partial charge in [-0.25, -0.2) is 4.79 Å². The van der Waals surface area contributed by atoms with Gasteiger partial charge in [0.15, 0.2) is 0 Å². The van der Waals surface area contributed by atoms with Crippen molar-refractivity contribution in [2.75, 3.05) is 7.05 Å². The summed E-state index contributed by atoms with van der Waals surface area (Å²) in [6.45, 7) is 1.07. The molecule has 0 spiro atoms. The molecular formula is C7H9F6NO4. The fourth-order valence-corrected chi connectivity index (χ4v) is 0.370. The summed E-state index contributed by atoms with van der Waals surface area (Å²) in [7, 11) is 0.875. The molecule has 0 heterocycles. The van der Waals surface area contributed by atoms with Gasteiger partial charge in [0, 0.05) is 7.05 Å². The Morgan fingerprint density at radius 1 is 1.06 bits per heavy atom. The van der Waals surface area contributed by atoms with E-state index < -0.39 is 30.5 Å². The van der Waals surface area contributed by atoms with Gasteiger partial charge in [-0.2, -0.15) is 26.3 Å². The molecule has 108 valence electrons. The minimum absolute atomic E-state index is 0.208. The van der Waals surface area contributed by atoms with Crippen LogP contribution in [-0.4, -0.2) is 52.6 Å². The van der Waals surface area contributed by atoms with Gasteiger partial charge in [-0.3, -0.25) is 4.79 Å². The number of amides is 1. The van der Waals surface area contributed by atoms with E-state index in [1.807, 2.05) is 0 Å². The average Bonchev–Trinajstić information content (AvgIpc) is 2.13. The molecule has 0 aliphatic rings. The van der Waals surface area contributed by atoms with Crippen molar-refractivity contribution in [2.45, 2.75) is 25.5 Å². The number of carboxylic acid groups (broad SMARTS) is 1. The van der Waals surface area contributed by atoms with Gasteiger partial charge in [-0.05, 0) is 6.92 Å². The predicted molar refractivity (Wildman–Crippen MR) is 44.2 cm³/mol. The molecule has 0 aliphatic heterocycles. The first-order chi connectivity index (χ1) is 7.71. The third-order valence-corrected chi connectivity index (χ3v) is 1.37. The lowest BCUT2D eigenvalue weighted by Gasteiger charge is -2.20. The van der Waals surface area contributed by atoms with Crippen LogP contribution in [0.25, 0.3) is 0 Å². The molecule has 5 nitrogen and oxygen atoms in total. The molecule has 0 rings (SSSR count). The molecule has 0 saturated heterocycles. The molecular weight excluding hydrogens is 276 g/mol. The van der Waals surface area contributed by atoms with Crippen molar-refractivity contribution in [2.24, 2.45) is 0 Å². The summed E-state index contributed by atoms with van der Waals surface area (Å²) < 4.78 is 66.4. The van der Waals surface area contributed by atoms with Crippen molar-refractivity contribution in [1.29, 1.82) is 0 Å². The number of rotatable bonds is 1. The van der Waals surface area contributed by atoms with Gasteiger partial charge in [0.1, 0.15) is 6.23 Å². The van der Waals surface area contributed by atoms with E-state index in [9.17, 15) is 31.1 Å². The minimum Gasteiger partial charge on any atom is -0.475 e. The van der Waals surface area contributed by atoms with Crippen LogP contribution in [0.2, 0.25) is 0 Å². The Labute approximate surface area is 96.6 Å². The van der Waals surface area contributed by atoms with Crippen molar-refractivity contribution in [3.8, 4) is 0 Å². The number of carbonyl (C=O) groups excluding carboxylic acids is 1. The van der Waals surface area contributed by atoms with E-state index in [1.54, 1.807) is 0 Å². The van der Waals surface area contributed by atoms with Gasteiger partial charge in [-0.1, -0.05) is 0 Å². The van der Waals surface area contributed by atoms with E-state index in [1.165, 1.54) is 0 Å². The Bertz CT molecular complexity index is 297. The topological polar surface area (TPSA) is 77.8 Å². The molecule has 0 aromatic heterocycles. The number of carboxylic acids is 1. The van der Waals surface area contributed by atoms with Crippen LogP contribution >= 0.6 is 0 Å². The largest absolute Gasteiger partial charge is 0.490 e. The van der Waals surface area contributed by atoms with Crippen LogP contribution in [0.15, 0.2) is 0 Å². The van der Waals surface area contributed by atoms with Gasteiger partial charge in [0.25, 0.3) is 0 Å². The third kappa shape index (κ3) is 7.70. The normalized spacial score (nSPS) is 13.2. The lowest BCUT2D eigenvalue weighted by Crippen LogP contribution is -2.43. The second-order valence-electron chi connectivity index (χ2n) is 2.85. The van der Waals surface area contributed by atoms with Crippen molar-refractivity contribution >= 4 is 11.9 Å². The summed E-state index contributed by atoms with van der Waals surface area (Å²) in [6, 6.07) is 0. The van der Waals surface area contributed by atoms with Gasteiger partial charge in [0.2, 0.25) is 0 Å². The molecule has 0 aromatic carbocycles. The number of halogens is 6. The van der Waals surface area contributed by atoms with E-state index >= 15 is 0 Å². The van der Waals surface area contributed by atoms with Crippen LogP contribution in [0.4, 0.5) is 26.3 Å². The second kappa shape index (κ2) is 6.42. The van der Waals surface area contributed by atoms with Crippen LogP contribution in [0.5, 0.6) is 0 Å². The van der Waals surface area contributed by atoms with E-state index in [2.05, 4.69) is 0 Å². The molecule has 0 bridgehead atoms. The molecule has 0 aliphatic carbocycles. The molecule has 0 saturated carbocycles. The summed E-state index contributed by atoms with van der Waals surface area (Å²) in [5, 5.41) is 15.7. The minimum atomic E-state index is -5.08. The lowest BCUT2D eigenvalue weighted by molar-refractivity contribution is -0.192. The Morgan fingerprint density at radius 2 is 1.33 bits per heavy atom. The Hall–Kier alpha value is -1.52. The molecule has 1 amide bonds. The first kappa shape index (κ1) is 18.8. The predicted octanol–water partition coefficient (Wildman–Crippen LogP) is 0.979. The Morgan fingerprint density at radius 3 is 1.39 bits per heavy atom. The number of aliphatic carboxylic acids is 1. The summed E-state index contributed by atoms with van der Waals surface area (Å²) in [6.07, 6.45) is -11.4. The molecule has 11 heteroatoms. The average molecular weight is 285 g/mol. The van der Waals surface area contributed by atoms with Gasteiger partial charge in [0.05, 0.1) is 0 Å². The highest BCUT2D eigenvalue weighted by Gasteiger charge is 2.42. The monoisotopic (exact) mass is 285 g/mol. The maximum absolute atomic E-state index is 11.6. The summed E-state index contributed by atoms with van der Waals surface area (Å²) in [5.74, 6) is -4.81. The van der Waals surface area contributed by atoms with Crippen LogP contribution in [0.3, 0.4) is 0 Å². The lowest BCUT2D eigenvalue weighted by atomic mass is 10.5. The van der Waals surface area contributed by atoms with E-state index in [-0.39, 0.29) is 4.90 Å². The number of aliphatic hydroxyl groups is 1. The number of nitrogens with zero attached hydrogens (tertiary/aromatic N) is 1. The van der Waals surface area contributed by atoms with Crippen molar-refractivity contribution in [3.05, 3.63) is 0 Å². The molecule has 0 radical (unpaired) electrons. The molecule has 1 atom stereocenters. The summed E-state index contributed by atoms with van der Waals surface area (Å²) in [5.41, 5.74) is 0. The number of hydrogen-bond acceptors (Lipinski definition) is 3. The quantitative estimate of drug-likeness (QED) is 0.556. The van der Waals surface area contributed by atoms with Gasteiger partial charge < -0.3 is 15.1 Å². The zero-order chi connectivity index (χ0) is 15.3.